The molecule has 0 radical (unpaired) electrons. The van der Waals surface area contributed by atoms with Crippen molar-refractivity contribution >= 4 is 10.4 Å². The number of quaternary nitrogens is 1. The standard InChI is InChI=1S/Mn.H3N.H2O4S.H2O/c;;1-5(2,3)4;/h;1H3;(H2,1,2,3,4);1H2/q+1;;;/p-1. The summed E-state index contributed by atoms with van der Waals surface area (Å²) < 4.78 is 34.1. The minimum absolute atomic E-state index is 0. The molecule has 0 aromatic heterocycles. The summed E-state index contributed by atoms with van der Waals surface area (Å²) in [4.78, 5) is 0. The van der Waals surface area contributed by atoms with E-state index in [-0.39, 0.29) is 28.7 Å². The molecule has 0 saturated carbocycles. The van der Waals surface area contributed by atoms with Crippen LogP contribution in [0.5, 0.6) is 0 Å². The van der Waals surface area contributed by atoms with E-state index in [1.54, 1.807) is 0 Å². The molecular formula is H6MnNO5S. The Bertz CT molecular complexity index is 95.6. The predicted octanol–water partition coefficient (Wildman–Crippen LogP) is -1.79. The zero-order chi connectivity index (χ0) is 4.50. The van der Waals surface area contributed by atoms with E-state index in [1.807, 2.05) is 0 Å². The molecule has 0 rings (SSSR count). The second-order valence-corrected chi connectivity index (χ2v) is 1.22. The molecule has 0 unspecified atom stereocenters. The van der Waals surface area contributed by atoms with Gasteiger partial charge in [0.2, 0.25) is 0 Å². The van der Waals surface area contributed by atoms with Crippen molar-refractivity contribution in [2.45, 2.75) is 0 Å². The monoisotopic (exact) mass is 187 g/mol. The Hall–Kier alpha value is 0.309. The van der Waals surface area contributed by atoms with Crippen molar-refractivity contribution in [3.05, 3.63) is 0 Å². The van der Waals surface area contributed by atoms with Crippen LogP contribution in [-0.2, 0) is 27.5 Å². The largest absolute Gasteiger partial charge is 1.00 e. The Morgan fingerprint density at radius 1 is 1.12 bits per heavy atom. The summed E-state index contributed by atoms with van der Waals surface area (Å²) in [6.07, 6.45) is 0. The summed E-state index contributed by atoms with van der Waals surface area (Å²) in [6, 6.07) is 0. The van der Waals surface area contributed by atoms with Crippen LogP contribution in [0, 0.1) is 0 Å². The molecule has 0 bridgehead atoms. The summed E-state index contributed by atoms with van der Waals surface area (Å²) in [6.45, 7) is 0. The minimum atomic E-state index is -5.17. The first-order valence-electron chi connectivity index (χ1n) is 0.667. The maximum absolute atomic E-state index is 8.52. The van der Waals surface area contributed by atoms with Gasteiger partial charge in [-0.15, -0.1) is 0 Å². The van der Waals surface area contributed by atoms with Crippen LogP contribution >= 0.6 is 0 Å². The van der Waals surface area contributed by atoms with E-state index in [1.165, 1.54) is 0 Å². The Balaban J connectivity index is -0.0000000267. The van der Waals surface area contributed by atoms with E-state index in [9.17, 15) is 0 Å². The molecule has 0 atom stereocenters. The molecular weight excluding hydrogens is 181 g/mol. The van der Waals surface area contributed by atoms with Gasteiger partial charge in [-0.1, -0.05) is 0 Å². The van der Waals surface area contributed by atoms with Crippen molar-refractivity contribution in [1.82, 2.24) is 6.15 Å². The molecule has 0 heterocycles. The fourth-order valence-electron chi connectivity index (χ4n) is 0. The second kappa shape index (κ2) is 7.31. The van der Waals surface area contributed by atoms with Crippen molar-refractivity contribution in [3.8, 4) is 0 Å². The molecule has 8 heavy (non-hydrogen) atoms. The fourth-order valence-corrected chi connectivity index (χ4v) is 0. The fraction of sp³-hybridized carbons (Fsp3) is 0. The van der Waals surface area contributed by atoms with E-state index in [0.29, 0.717) is 0 Å². The van der Waals surface area contributed by atoms with Crippen LogP contribution in [-0.4, -0.2) is 23.0 Å². The van der Waals surface area contributed by atoms with Gasteiger partial charge < -0.3 is 20.7 Å². The molecule has 0 saturated heterocycles. The minimum Gasteiger partial charge on any atom is -0.759 e. The van der Waals surface area contributed by atoms with Crippen molar-refractivity contribution in [2.24, 2.45) is 0 Å². The van der Waals surface area contributed by atoms with E-state index in [0.717, 1.165) is 0 Å². The van der Waals surface area contributed by atoms with Gasteiger partial charge in [0.25, 0.3) is 0 Å². The predicted molar refractivity (Wildman–Crippen MR) is 20.1 cm³/mol. The third kappa shape index (κ3) is 1860. The van der Waals surface area contributed by atoms with Crippen LogP contribution in [0.2, 0.25) is 0 Å². The van der Waals surface area contributed by atoms with E-state index in [4.69, 9.17) is 17.5 Å². The first-order chi connectivity index (χ1) is 2.00. The summed E-state index contributed by atoms with van der Waals surface area (Å²) >= 11 is 0. The van der Waals surface area contributed by atoms with Gasteiger partial charge in [0, 0.05) is 10.4 Å². The quantitative estimate of drug-likeness (QED) is 0.270. The van der Waals surface area contributed by atoms with Crippen molar-refractivity contribution in [3.63, 3.8) is 0 Å². The topological polar surface area (TPSA) is 148 Å². The molecule has 0 aliphatic carbocycles. The molecule has 0 spiro atoms. The van der Waals surface area contributed by atoms with Gasteiger partial charge in [-0.25, -0.2) is 0 Å². The molecule has 0 aromatic rings. The van der Waals surface area contributed by atoms with Gasteiger partial charge in [0.1, 0.15) is 0 Å². The average Bonchev–Trinajstić information content (AvgIpc) is 0.722. The third-order valence-electron chi connectivity index (χ3n) is 0. The maximum atomic E-state index is 8.52. The molecule has 0 aliphatic rings. The Kier molecular flexibility index (Phi) is 21.8. The van der Waals surface area contributed by atoms with Crippen molar-refractivity contribution < 1.29 is 40.1 Å². The zero-order valence-corrected chi connectivity index (χ0v) is 5.92. The molecule has 6 N–H and O–H groups in total. The van der Waals surface area contributed by atoms with Crippen LogP contribution in [0.4, 0.5) is 0 Å². The van der Waals surface area contributed by atoms with E-state index in [2.05, 4.69) is 0 Å². The molecule has 8 heteroatoms. The van der Waals surface area contributed by atoms with Gasteiger partial charge >= 0.3 is 17.1 Å². The van der Waals surface area contributed by atoms with Crippen LogP contribution in [0.3, 0.4) is 0 Å². The van der Waals surface area contributed by atoms with Gasteiger partial charge in [0.15, 0.2) is 0 Å². The maximum Gasteiger partial charge on any atom is 1.00 e. The summed E-state index contributed by atoms with van der Waals surface area (Å²) in [5.41, 5.74) is 0. The molecule has 0 fully saturated rings. The van der Waals surface area contributed by atoms with Crippen LogP contribution < -0.4 is 6.15 Å². The third-order valence-corrected chi connectivity index (χ3v) is 0. The van der Waals surface area contributed by atoms with Gasteiger partial charge in [-0.3, -0.25) is 8.42 Å². The molecule has 0 aromatic carbocycles. The normalized spacial score (nSPS) is 7.25. The van der Waals surface area contributed by atoms with E-state index >= 15 is 0 Å². The Morgan fingerprint density at radius 2 is 1.12 bits per heavy atom. The number of hydrogen-bond donors (Lipinski definition) is 1. The van der Waals surface area contributed by atoms with Gasteiger partial charge in [-0.2, -0.15) is 0 Å². The Morgan fingerprint density at radius 3 is 1.12 bits per heavy atom. The summed E-state index contributed by atoms with van der Waals surface area (Å²) in [5.74, 6) is 0. The van der Waals surface area contributed by atoms with Crippen molar-refractivity contribution in [1.29, 1.82) is 0 Å². The number of rotatable bonds is 0. The summed E-state index contributed by atoms with van der Waals surface area (Å²) in [5, 5.41) is 0. The smallest absolute Gasteiger partial charge is 0.759 e. The van der Waals surface area contributed by atoms with Crippen LogP contribution in [0.15, 0.2) is 0 Å². The van der Waals surface area contributed by atoms with E-state index < -0.39 is 10.4 Å². The first kappa shape index (κ1) is 23.9. The average molecular weight is 187 g/mol. The first-order valence-corrected chi connectivity index (χ1v) is 2.00. The molecule has 0 amide bonds. The van der Waals surface area contributed by atoms with Crippen LogP contribution in [0.1, 0.15) is 0 Å². The molecule has 6 nitrogen and oxygen atoms in total. The second-order valence-electron chi connectivity index (χ2n) is 0.408. The molecule has 54 valence electrons. The Labute approximate surface area is 57.2 Å². The zero-order valence-electron chi connectivity index (χ0n) is 3.92. The van der Waals surface area contributed by atoms with Gasteiger partial charge in [0.05, 0.1) is 0 Å². The van der Waals surface area contributed by atoms with Gasteiger partial charge in [-0.05, 0) is 0 Å². The SMILES string of the molecule is O.O=S(=O)([O-])[O-].[Mn+].[NH4+]. The van der Waals surface area contributed by atoms with Crippen LogP contribution in [0.25, 0.3) is 0 Å². The summed E-state index contributed by atoms with van der Waals surface area (Å²) in [7, 11) is -5.17. The van der Waals surface area contributed by atoms with Crippen molar-refractivity contribution in [2.75, 3.05) is 0 Å². The number of hydrogen-bond acceptors (Lipinski definition) is 4. The molecule has 0 aliphatic heterocycles.